The van der Waals surface area contributed by atoms with Crippen molar-refractivity contribution in [3.63, 3.8) is 0 Å². The normalized spacial score (nSPS) is 10.3. The van der Waals surface area contributed by atoms with Crippen molar-refractivity contribution < 1.29 is 4.79 Å². The number of hydrogen-bond acceptors (Lipinski definition) is 3. The Bertz CT molecular complexity index is 533. The maximum absolute atomic E-state index is 12.1. The summed E-state index contributed by atoms with van der Waals surface area (Å²) in [6, 6.07) is 7.04. The molecule has 0 bridgehead atoms. The number of nitrogens with two attached hydrogens (primary N) is 1. The smallest absolute Gasteiger partial charge is 0.273 e. The minimum Gasteiger partial charge on any atom is -0.397 e. The highest BCUT2D eigenvalue weighted by molar-refractivity contribution is 6.03. The lowest BCUT2D eigenvalue weighted by atomic mass is 10.3. The van der Waals surface area contributed by atoms with Crippen molar-refractivity contribution in [3.05, 3.63) is 42.4 Å². The molecule has 94 valence electrons. The molecule has 5 heteroatoms. The van der Waals surface area contributed by atoms with E-state index in [-0.39, 0.29) is 5.91 Å². The van der Waals surface area contributed by atoms with Gasteiger partial charge in [0.2, 0.25) is 0 Å². The number of amides is 1. The molecule has 0 aliphatic rings. The third kappa shape index (κ3) is 2.68. The summed E-state index contributed by atoms with van der Waals surface area (Å²) in [6.07, 6.45) is 4.35. The van der Waals surface area contributed by atoms with E-state index in [2.05, 4.69) is 17.2 Å². The topological polar surface area (TPSA) is 72.9 Å². The number of rotatable bonds is 4. The summed E-state index contributed by atoms with van der Waals surface area (Å²) in [5.74, 6) is 0.337. The van der Waals surface area contributed by atoms with Crippen molar-refractivity contribution in [3.8, 4) is 0 Å². The minimum absolute atomic E-state index is 0.196. The zero-order valence-corrected chi connectivity index (χ0v) is 10.3. The molecule has 0 spiro atoms. The summed E-state index contributed by atoms with van der Waals surface area (Å²) in [4.78, 5) is 16.1. The van der Waals surface area contributed by atoms with Crippen molar-refractivity contribution in [1.82, 2.24) is 9.55 Å². The van der Waals surface area contributed by atoms with E-state index in [0.717, 1.165) is 13.0 Å². The van der Waals surface area contributed by atoms with Crippen LogP contribution in [0.15, 0.2) is 36.7 Å². The predicted molar refractivity (Wildman–Crippen MR) is 71.3 cm³/mol. The number of carbonyl (C=O) groups excluding carboxylic acids is 1. The Morgan fingerprint density at radius 1 is 1.50 bits per heavy atom. The highest BCUT2D eigenvalue weighted by Gasteiger charge is 2.12. The van der Waals surface area contributed by atoms with E-state index >= 15 is 0 Å². The van der Waals surface area contributed by atoms with Gasteiger partial charge in [-0.3, -0.25) is 4.79 Å². The van der Waals surface area contributed by atoms with Crippen molar-refractivity contribution >= 4 is 17.4 Å². The Balaban J connectivity index is 2.18. The summed E-state index contributed by atoms with van der Waals surface area (Å²) >= 11 is 0. The number of hydrogen-bond donors (Lipinski definition) is 2. The molecule has 3 N–H and O–H groups in total. The minimum atomic E-state index is -0.196. The predicted octanol–water partition coefficient (Wildman–Crippen LogP) is 2.13. The molecule has 2 heterocycles. The molecule has 0 atom stereocenters. The van der Waals surface area contributed by atoms with Crippen LogP contribution in [-0.2, 0) is 6.54 Å². The molecule has 1 amide bonds. The molecule has 0 aliphatic carbocycles. The lowest BCUT2D eigenvalue weighted by Crippen LogP contribution is -2.17. The second-order valence-corrected chi connectivity index (χ2v) is 4.02. The maximum atomic E-state index is 12.1. The summed E-state index contributed by atoms with van der Waals surface area (Å²) in [5, 5.41) is 2.74. The van der Waals surface area contributed by atoms with Gasteiger partial charge in [-0.1, -0.05) is 13.0 Å². The molecule has 18 heavy (non-hydrogen) atoms. The molecular weight excluding hydrogens is 228 g/mol. The fourth-order valence-corrected chi connectivity index (χ4v) is 1.77. The molecule has 0 saturated heterocycles. The van der Waals surface area contributed by atoms with Gasteiger partial charge in [-0.05, 0) is 24.6 Å². The first-order valence-corrected chi connectivity index (χ1v) is 5.88. The fourth-order valence-electron chi connectivity index (χ4n) is 1.77. The van der Waals surface area contributed by atoms with Crippen LogP contribution >= 0.6 is 0 Å². The number of aryl methyl sites for hydroxylation is 1. The van der Waals surface area contributed by atoms with Gasteiger partial charge in [0, 0.05) is 18.9 Å². The zero-order chi connectivity index (χ0) is 13.0. The number of aromatic nitrogens is 2. The highest BCUT2D eigenvalue weighted by atomic mass is 16.2. The molecule has 2 aromatic heterocycles. The quantitative estimate of drug-likeness (QED) is 0.865. The second-order valence-electron chi connectivity index (χ2n) is 4.02. The first-order valence-electron chi connectivity index (χ1n) is 5.88. The summed E-state index contributed by atoms with van der Waals surface area (Å²) in [5.41, 5.74) is 6.87. The first kappa shape index (κ1) is 12.2. The number of pyridine rings is 1. The van der Waals surface area contributed by atoms with Crippen LogP contribution in [0.4, 0.5) is 11.5 Å². The van der Waals surface area contributed by atoms with E-state index in [4.69, 9.17) is 5.73 Å². The average molecular weight is 244 g/mol. The van der Waals surface area contributed by atoms with Crippen LogP contribution in [0.2, 0.25) is 0 Å². The Hall–Kier alpha value is -2.30. The lowest BCUT2D eigenvalue weighted by Gasteiger charge is -2.07. The van der Waals surface area contributed by atoms with Gasteiger partial charge in [-0.15, -0.1) is 0 Å². The van der Waals surface area contributed by atoms with E-state index in [0.29, 0.717) is 17.2 Å². The molecule has 0 aliphatic heterocycles. The second kappa shape index (κ2) is 5.35. The van der Waals surface area contributed by atoms with Crippen molar-refractivity contribution in [1.29, 1.82) is 0 Å². The molecule has 2 rings (SSSR count). The first-order chi connectivity index (χ1) is 8.70. The Morgan fingerprint density at radius 3 is 3.00 bits per heavy atom. The number of anilines is 2. The average Bonchev–Trinajstić information content (AvgIpc) is 2.72. The van der Waals surface area contributed by atoms with Crippen LogP contribution < -0.4 is 11.1 Å². The fraction of sp³-hybridized carbons (Fsp3) is 0.231. The van der Waals surface area contributed by atoms with Gasteiger partial charge in [0.15, 0.2) is 0 Å². The van der Waals surface area contributed by atoms with Crippen LogP contribution in [0.1, 0.15) is 23.8 Å². The van der Waals surface area contributed by atoms with Crippen LogP contribution in [0.3, 0.4) is 0 Å². The van der Waals surface area contributed by atoms with Gasteiger partial charge < -0.3 is 15.6 Å². The zero-order valence-electron chi connectivity index (χ0n) is 10.3. The number of nitrogens with zero attached hydrogens (tertiary/aromatic N) is 2. The van der Waals surface area contributed by atoms with Gasteiger partial charge in [0.1, 0.15) is 11.5 Å². The van der Waals surface area contributed by atoms with E-state index in [1.807, 2.05) is 10.6 Å². The van der Waals surface area contributed by atoms with Gasteiger partial charge >= 0.3 is 0 Å². The molecule has 0 saturated carbocycles. The maximum Gasteiger partial charge on any atom is 0.273 e. The van der Waals surface area contributed by atoms with Gasteiger partial charge in [-0.25, -0.2) is 4.98 Å². The summed E-state index contributed by atoms with van der Waals surface area (Å²) < 4.78 is 1.85. The van der Waals surface area contributed by atoms with E-state index in [1.54, 1.807) is 30.6 Å². The van der Waals surface area contributed by atoms with Crippen LogP contribution in [0.5, 0.6) is 0 Å². The van der Waals surface area contributed by atoms with Crippen molar-refractivity contribution in [2.24, 2.45) is 0 Å². The number of nitrogen functional groups attached to an aromatic ring is 1. The standard InChI is InChI=1S/C13H16N4O/c1-2-7-17-9-10(14)8-11(17)13(18)16-12-5-3-4-6-15-12/h3-6,8-9H,2,7,14H2,1H3,(H,15,16,18). The van der Waals surface area contributed by atoms with E-state index in [1.165, 1.54) is 0 Å². The monoisotopic (exact) mass is 244 g/mol. The lowest BCUT2D eigenvalue weighted by molar-refractivity contribution is 0.101. The molecule has 2 aromatic rings. The summed E-state index contributed by atoms with van der Waals surface area (Å²) in [7, 11) is 0. The van der Waals surface area contributed by atoms with Gasteiger partial charge in [0.05, 0.1) is 5.69 Å². The molecular formula is C13H16N4O. The summed E-state index contributed by atoms with van der Waals surface area (Å²) in [6.45, 7) is 2.82. The third-order valence-corrected chi connectivity index (χ3v) is 2.52. The van der Waals surface area contributed by atoms with Crippen molar-refractivity contribution in [2.45, 2.75) is 19.9 Å². The SMILES string of the molecule is CCCn1cc(N)cc1C(=O)Nc1ccccn1. The van der Waals surface area contributed by atoms with Crippen LogP contribution in [0.25, 0.3) is 0 Å². The Labute approximate surface area is 106 Å². The van der Waals surface area contributed by atoms with Gasteiger partial charge in [0.25, 0.3) is 5.91 Å². The largest absolute Gasteiger partial charge is 0.397 e. The van der Waals surface area contributed by atoms with E-state index in [9.17, 15) is 4.79 Å². The molecule has 0 radical (unpaired) electrons. The Kier molecular flexibility index (Phi) is 3.62. The molecule has 0 fully saturated rings. The Morgan fingerprint density at radius 2 is 2.33 bits per heavy atom. The molecule has 5 nitrogen and oxygen atoms in total. The molecule has 0 unspecified atom stereocenters. The number of carbonyl (C=O) groups is 1. The highest BCUT2D eigenvalue weighted by Crippen LogP contribution is 2.13. The van der Waals surface area contributed by atoms with Crippen LogP contribution in [0, 0.1) is 0 Å². The van der Waals surface area contributed by atoms with Gasteiger partial charge in [-0.2, -0.15) is 0 Å². The van der Waals surface area contributed by atoms with Crippen LogP contribution in [-0.4, -0.2) is 15.5 Å². The number of nitrogens with one attached hydrogen (secondary N) is 1. The van der Waals surface area contributed by atoms with Crippen molar-refractivity contribution in [2.75, 3.05) is 11.1 Å². The van der Waals surface area contributed by atoms with E-state index < -0.39 is 0 Å². The third-order valence-electron chi connectivity index (χ3n) is 2.52. The molecule has 0 aromatic carbocycles.